The topological polar surface area (TPSA) is 55.2 Å². The van der Waals surface area contributed by atoms with Gasteiger partial charge in [0.1, 0.15) is 5.82 Å². The molecular formula is C25H27N3O2. The highest BCUT2D eigenvalue weighted by Crippen LogP contribution is 2.36. The molecule has 1 aliphatic carbocycles. The Hall–Kier alpha value is -2.95. The van der Waals surface area contributed by atoms with Crippen LogP contribution in [0.2, 0.25) is 0 Å². The van der Waals surface area contributed by atoms with Gasteiger partial charge in [-0.15, -0.1) is 0 Å². The molecule has 2 heterocycles. The Labute approximate surface area is 176 Å². The minimum absolute atomic E-state index is 0.0849. The van der Waals surface area contributed by atoms with Crippen LogP contribution in [0, 0.1) is 12.8 Å². The first kappa shape index (κ1) is 19.0. The van der Waals surface area contributed by atoms with E-state index in [2.05, 4.69) is 9.88 Å². The summed E-state index contributed by atoms with van der Waals surface area (Å²) < 4.78 is 1.62. The van der Waals surface area contributed by atoms with E-state index in [0.717, 1.165) is 25.1 Å². The van der Waals surface area contributed by atoms with E-state index in [1.165, 1.54) is 25.7 Å². The molecule has 3 aromatic rings. The highest BCUT2D eigenvalue weighted by Gasteiger charge is 2.35. The number of hydrogen-bond acceptors (Lipinski definition) is 3. The van der Waals surface area contributed by atoms with E-state index in [1.807, 2.05) is 49.4 Å². The van der Waals surface area contributed by atoms with Crippen LogP contribution in [-0.2, 0) is 0 Å². The summed E-state index contributed by atoms with van der Waals surface area (Å²) in [4.78, 5) is 33.0. The number of fused-ring (bicyclic) bond motifs is 2. The van der Waals surface area contributed by atoms with E-state index < -0.39 is 0 Å². The number of rotatable bonds is 2. The van der Waals surface area contributed by atoms with Gasteiger partial charge in [0.2, 0.25) is 0 Å². The van der Waals surface area contributed by atoms with Crippen molar-refractivity contribution in [1.82, 2.24) is 14.5 Å². The SMILES string of the molecule is Cc1nc2ccccc2c(=O)n1-c1ccc(C(=O)N2CCC[C@@H]3CCCC[C@@H]32)cc1. The third-order valence-corrected chi connectivity index (χ3v) is 6.82. The zero-order chi connectivity index (χ0) is 20.7. The third-order valence-electron chi connectivity index (χ3n) is 6.82. The van der Waals surface area contributed by atoms with Crippen molar-refractivity contribution in [3.8, 4) is 5.69 Å². The number of aryl methyl sites for hydroxylation is 1. The lowest BCUT2D eigenvalue weighted by Gasteiger charge is -2.44. The Morgan fingerprint density at radius 2 is 1.70 bits per heavy atom. The van der Waals surface area contributed by atoms with Crippen molar-refractivity contribution in [2.75, 3.05) is 6.54 Å². The molecule has 1 aliphatic heterocycles. The molecule has 2 fully saturated rings. The Kier molecular flexibility index (Phi) is 4.89. The smallest absolute Gasteiger partial charge is 0.265 e. The van der Waals surface area contributed by atoms with Gasteiger partial charge in [0.25, 0.3) is 11.5 Å². The van der Waals surface area contributed by atoms with E-state index in [0.29, 0.717) is 34.3 Å². The predicted molar refractivity (Wildman–Crippen MR) is 118 cm³/mol. The summed E-state index contributed by atoms with van der Waals surface area (Å²) in [6, 6.07) is 15.2. The van der Waals surface area contributed by atoms with Crippen LogP contribution in [0.1, 0.15) is 54.7 Å². The van der Waals surface area contributed by atoms with Gasteiger partial charge in [-0.2, -0.15) is 0 Å². The summed E-state index contributed by atoms with van der Waals surface area (Å²) >= 11 is 0. The first-order chi connectivity index (χ1) is 14.6. The van der Waals surface area contributed by atoms with Crippen LogP contribution < -0.4 is 5.56 Å². The number of piperidine rings is 1. The number of nitrogens with zero attached hydrogens (tertiary/aromatic N) is 3. The van der Waals surface area contributed by atoms with Gasteiger partial charge in [-0.3, -0.25) is 14.2 Å². The second-order valence-electron chi connectivity index (χ2n) is 8.62. The van der Waals surface area contributed by atoms with E-state index >= 15 is 0 Å². The maximum atomic E-state index is 13.3. The first-order valence-corrected chi connectivity index (χ1v) is 11.0. The third kappa shape index (κ3) is 3.22. The van der Waals surface area contributed by atoms with E-state index in [-0.39, 0.29) is 11.5 Å². The van der Waals surface area contributed by atoms with Gasteiger partial charge in [-0.1, -0.05) is 25.0 Å². The minimum Gasteiger partial charge on any atom is -0.335 e. The molecule has 1 amide bonds. The molecule has 30 heavy (non-hydrogen) atoms. The fraction of sp³-hybridized carbons (Fsp3) is 0.400. The lowest BCUT2D eigenvalue weighted by molar-refractivity contribution is 0.0390. The van der Waals surface area contributed by atoms with Crippen molar-refractivity contribution in [3.05, 3.63) is 70.3 Å². The molecule has 5 nitrogen and oxygen atoms in total. The number of carbonyl (C=O) groups is 1. The standard InChI is InChI=1S/C25H27N3O2/c1-17-26-22-10-4-3-9-21(22)25(30)28(17)20-14-12-19(13-15-20)24(29)27-16-6-8-18-7-2-5-11-23(18)27/h3-4,9-10,12-15,18,23H,2,5-8,11,16H2,1H3/t18-,23-/m0/s1. The van der Waals surface area contributed by atoms with Gasteiger partial charge < -0.3 is 4.90 Å². The normalized spacial score (nSPS) is 21.4. The monoisotopic (exact) mass is 401 g/mol. The van der Waals surface area contributed by atoms with Crippen molar-refractivity contribution in [2.24, 2.45) is 5.92 Å². The van der Waals surface area contributed by atoms with Gasteiger partial charge in [0.15, 0.2) is 0 Å². The molecule has 2 aromatic carbocycles. The maximum Gasteiger partial charge on any atom is 0.265 e. The summed E-state index contributed by atoms with van der Waals surface area (Å²) in [7, 11) is 0. The predicted octanol–water partition coefficient (Wildman–Crippen LogP) is 4.49. The van der Waals surface area contributed by atoms with Gasteiger partial charge in [-0.25, -0.2) is 4.98 Å². The molecule has 1 aromatic heterocycles. The van der Waals surface area contributed by atoms with E-state index in [9.17, 15) is 9.59 Å². The average Bonchev–Trinajstić information content (AvgIpc) is 2.79. The summed E-state index contributed by atoms with van der Waals surface area (Å²) in [5.74, 6) is 1.43. The first-order valence-electron chi connectivity index (χ1n) is 11.0. The lowest BCUT2D eigenvalue weighted by atomic mass is 9.78. The minimum atomic E-state index is -0.0849. The number of likely N-dealkylation sites (tertiary alicyclic amines) is 1. The summed E-state index contributed by atoms with van der Waals surface area (Å²) in [5.41, 5.74) is 2.05. The number of hydrogen-bond donors (Lipinski definition) is 0. The summed E-state index contributed by atoms with van der Waals surface area (Å²) in [6.07, 6.45) is 7.26. The second-order valence-corrected chi connectivity index (χ2v) is 8.62. The Bertz CT molecular complexity index is 1150. The highest BCUT2D eigenvalue weighted by atomic mass is 16.2. The van der Waals surface area contributed by atoms with Crippen LogP contribution >= 0.6 is 0 Å². The number of benzene rings is 2. The van der Waals surface area contributed by atoms with Crippen molar-refractivity contribution in [1.29, 1.82) is 0 Å². The Morgan fingerprint density at radius 3 is 2.53 bits per heavy atom. The van der Waals surface area contributed by atoms with Crippen LogP contribution in [0.3, 0.4) is 0 Å². The highest BCUT2D eigenvalue weighted by molar-refractivity contribution is 5.94. The van der Waals surface area contributed by atoms with Crippen LogP contribution in [0.25, 0.3) is 16.6 Å². The molecule has 0 radical (unpaired) electrons. The molecular weight excluding hydrogens is 374 g/mol. The molecule has 0 unspecified atom stereocenters. The van der Waals surface area contributed by atoms with Crippen molar-refractivity contribution in [2.45, 2.75) is 51.5 Å². The molecule has 0 spiro atoms. The quantitative estimate of drug-likeness (QED) is 0.636. The van der Waals surface area contributed by atoms with Gasteiger partial charge in [0.05, 0.1) is 16.6 Å². The molecule has 154 valence electrons. The number of aromatic nitrogens is 2. The van der Waals surface area contributed by atoms with Crippen molar-refractivity contribution < 1.29 is 4.79 Å². The largest absolute Gasteiger partial charge is 0.335 e. The second kappa shape index (κ2) is 7.71. The van der Waals surface area contributed by atoms with E-state index in [4.69, 9.17) is 0 Å². The lowest BCUT2D eigenvalue weighted by Crippen LogP contribution is -2.49. The molecule has 5 heteroatoms. The summed E-state index contributed by atoms with van der Waals surface area (Å²) in [5, 5.41) is 0.597. The Morgan fingerprint density at radius 1 is 0.967 bits per heavy atom. The van der Waals surface area contributed by atoms with Gasteiger partial charge in [0, 0.05) is 18.2 Å². The average molecular weight is 402 g/mol. The Balaban J connectivity index is 1.46. The zero-order valence-electron chi connectivity index (χ0n) is 17.4. The molecule has 1 saturated carbocycles. The molecule has 1 saturated heterocycles. The zero-order valence-corrected chi connectivity index (χ0v) is 17.4. The van der Waals surface area contributed by atoms with Crippen LogP contribution in [0.4, 0.5) is 0 Å². The molecule has 0 N–H and O–H groups in total. The van der Waals surface area contributed by atoms with Crippen molar-refractivity contribution in [3.63, 3.8) is 0 Å². The maximum absolute atomic E-state index is 13.3. The molecule has 2 atom stereocenters. The fourth-order valence-electron chi connectivity index (χ4n) is 5.34. The fourth-order valence-corrected chi connectivity index (χ4v) is 5.34. The molecule has 5 rings (SSSR count). The van der Waals surface area contributed by atoms with E-state index in [1.54, 1.807) is 10.6 Å². The van der Waals surface area contributed by atoms with Gasteiger partial charge in [-0.05, 0) is 74.9 Å². The van der Waals surface area contributed by atoms with Crippen molar-refractivity contribution >= 4 is 16.8 Å². The van der Waals surface area contributed by atoms with Crippen LogP contribution in [0.5, 0.6) is 0 Å². The summed E-state index contributed by atoms with van der Waals surface area (Å²) in [6.45, 7) is 2.69. The van der Waals surface area contributed by atoms with Crippen LogP contribution in [-0.4, -0.2) is 32.9 Å². The molecule has 2 aliphatic rings. The number of carbonyl (C=O) groups excluding carboxylic acids is 1. The number of amides is 1. The number of para-hydroxylation sites is 1. The van der Waals surface area contributed by atoms with Gasteiger partial charge >= 0.3 is 0 Å². The van der Waals surface area contributed by atoms with Crippen LogP contribution in [0.15, 0.2) is 53.3 Å². The molecule has 0 bridgehead atoms.